The number of hydrogen-bond donors (Lipinski definition) is 0. The Morgan fingerprint density at radius 2 is 1.20 bits per heavy atom. The summed E-state index contributed by atoms with van der Waals surface area (Å²) < 4.78 is 0. The zero-order chi connectivity index (χ0) is 8.12. The van der Waals surface area contributed by atoms with Crippen LogP contribution < -0.4 is 0 Å². The van der Waals surface area contributed by atoms with Crippen LogP contribution in [0.25, 0.3) is 5.41 Å². The molecule has 10 heavy (non-hydrogen) atoms. The van der Waals surface area contributed by atoms with E-state index in [-0.39, 0.29) is 21.1 Å². The van der Waals surface area contributed by atoms with Gasteiger partial charge in [0.25, 0.3) is 0 Å². The smallest absolute Gasteiger partial charge is 0 e. The molecule has 0 fully saturated rings. The molecular formula is C3N3PtS3-3. The van der Waals surface area contributed by atoms with Crippen LogP contribution in [0.3, 0.4) is 0 Å². The normalized spacial score (nSPS) is 2.20. The first kappa shape index (κ1) is 22.5. The summed E-state index contributed by atoms with van der Waals surface area (Å²) in [5, 5.41) is 25.4. The average molecular weight is 369 g/mol. The molecule has 0 radical (unpaired) electrons. The molecular weight excluding hydrogens is 369 g/mol. The van der Waals surface area contributed by atoms with Crippen molar-refractivity contribution in [2.24, 2.45) is 0 Å². The van der Waals surface area contributed by atoms with Gasteiger partial charge in [0.15, 0.2) is 0 Å². The summed E-state index contributed by atoms with van der Waals surface area (Å²) in [5.41, 5.74) is 0. The maximum Gasteiger partial charge on any atom is 0 e. The van der Waals surface area contributed by atoms with Gasteiger partial charge in [0.05, 0.1) is 0 Å². The van der Waals surface area contributed by atoms with Crippen molar-refractivity contribution in [3.8, 4) is 10.8 Å². The molecule has 58 valence electrons. The van der Waals surface area contributed by atoms with Crippen LogP contribution in [-0.4, -0.2) is 5.16 Å². The third kappa shape index (κ3) is 44900. The van der Waals surface area contributed by atoms with E-state index in [1.165, 1.54) is 16.0 Å². The molecule has 0 heterocycles. The van der Waals surface area contributed by atoms with Gasteiger partial charge < -0.3 is 30.7 Å². The Kier molecular flexibility index (Phi) is 148. The van der Waals surface area contributed by atoms with Crippen molar-refractivity contribution in [1.82, 2.24) is 0 Å². The van der Waals surface area contributed by atoms with Gasteiger partial charge in [-0.1, -0.05) is 23.0 Å². The third-order valence-corrected chi connectivity index (χ3v) is 0. The minimum Gasteiger partial charge on any atom is -0.753 e. The van der Waals surface area contributed by atoms with Gasteiger partial charge in [-0.05, 0) is 0 Å². The summed E-state index contributed by atoms with van der Waals surface area (Å²) in [7, 11) is 0. The molecule has 0 aliphatic heterocycles. The monoisotopic (exact) mass is 369 g/mol. The Hall–Kier alpha value is -0.0917. The molecule has 0 atom stereocenters. The summed E-state index contributed by atoms with van der Waals surface area (Å²) in [6.45, 7) is 0. The van der Waals surface area contributed by atoms with E-state index in [0.29, 0.717) is 0 Å². The van der Waals surface area contributed by atoms with E-state index >= 15 is 0 Å². The first-order valence-electron chi connectivity index (χ1n) is 1.28. The van der Waals surface area contributed by atoms with Crippen molar-refractivity contribution in [2.45, 2.75) is 0 Å². The van der Waals surface area contributed by atoms with E-state index in [0.717, 1.165) is 0 Å². The van der Waals surface area contributed by atoms with Crippen LogP contribution in [0.5, 0.6) is 0 Å². The van der Waals surface area contributed by atoms with E-state index in [9.17, 15) is 0 Å². The second kappa shape index (κ2) is 65.9. The van der Waals surface area contributed by atoms with Crippen molar-refractivity contribution in [2.75, 3.05) is 0 Å². The van der Waals surface area contributed by atoms with Gasteiger partial charge in [-0.2, -0.15) is 5.16 Å². The van der Waals surface area contributed by atoms with Crippen molar-refractivity contribution < 1.29 is 21.1 Å². The van der Waals surface area contributed by atoms with Crippen LogP contribution >= 0.6 is 12.2 Å². The van der Waals surface area contributed by atoms with Crippen molar-refractivity contribution in [3.05, 3.63) is 5.41 Å². The molecule has 0 aromatic carbocycles. The standard InChI is InChI=1S/2CHNS.CNS.Pt/c3*2-1-3;/h2*3H;;/q;;-1;/p-2. The van der Waals surface area contributed by atoms with Gasteiger partial charge in [-0.15, -0.1) is 0 Å². The zero-order valence-electron chi connectivity index (χ0n) is 4.38. The number of isothiocyanates is 1. The number of nitriles is 2. The van der Waals surface area contributed by atoms with E-state index in [1.54, 1.807) is 0 Å². The fraction of sp³-hybridized carbons (Fsp3) is 0. The fourth-order valence-corrected chi connectivity index (χ4v) is 0. The Balaban J connectivity index is -0.0000000257. The van der Waals surface area contributed by atoms with Gasteiger partial charge in [0.1, 0.15) is 0 Å². The van der Waals surface area contributed by atoms with Gasteiger partial charge in [-0.3, -0.25) is 0 Å². The van der Waals surface area contributed by atoms with Crippen LogP contribution in [0.4, 0.5) is 0 Å². The molecule has 0 saturated carbocycles. The Morgan fingerprint density at radius 3 is 1.20 bits per heavy atom. The molecule has 0 unspecified atom stereocenters. The first-order valence-corrected chi connectivity index (χ1v) is 2.51. The second-order valence-corrected chi connectivity index (χ2v) is 0.822. The molecule has 0 N–H and O–H groups in total. The van der Waals surface area contributed by atoms with Crippen LogP contribution in [-0.2, 0) is 46.3 Å². The van der Waals surface area contributed by atoms with Gasteiger partial charge in [0.2, 0.25) is 0 Å². The molecule has 0 aliphatic rings. The predicted octanol–water partition coefficient (Wildman–Crippen LogP) is 0.685. The third-order valence-electron chi connectivity index (χ3n) is 0. The first-order chi connectivity index (χ1) is 4.24. The quantitative estimate of drug-likeness (QED) is 0.272. The topological polar surface area (TPSA) is 69.9 Å². The average Bonchev–Trinajstić information content (AvgIpc) is 1.70. The molecule has 0 amide bonds. The van der Waals surface area contributed by atoms with Crippen LogP contribution in [0.2, 0.25) is 0 Å². The summed E-state index contributed by atoms with van der Waals surface area (Å²) in [5.74, 6) is 0. The molecule has 0 aromatic heterocycles. The molecule has 0 spiro atoms. The van der Waals surface area contributed by atoms with Gasteiger partial charge >= 0.3 is 0 Å². The number of hydrogen-bond acceptors (Lipinski definition) is 5. The molecule has 0 bridgehead atoms. The Labute approximate surface area is 90.0 Å². The van der Waals surface area contributed by atoms with E-state index in [4.69, 9.17) is 15.9 Å². The summed E-state index contributed by atoms with van der Waals surface area (Å²) in [4.78, 5) is 0. The second-order valence-electron chi connectivity index (χ2n) is 0.274. The number of nitrogens with zero attached hydrogens (tertiary/aromatic N) is 3. The minimum absolute atomic E-state index is 0. The molecule has 0 aliphatic carbocycles. The maximum absolute atomic E-state index is 7.13. The van der Waals surface area contributed by atoms with Crippen molar-refractivity contribution in [3.63, 3.8) is 0 Å². The van der Waals surface area contributed by atoms with Gasteiger partial charge in [-0.25, -0.2) is 10.5 Å². The van der Waals surface area contributed by atoms with Crippen LogP contribution in [0.1, 0.15) is 0 Å². The van der Waals surface area contributed by atoms with E-state index < -0.39 is 0 Å². The van der Waals surface area contributed by atoms with Gasteiger partial charge in [0, 0.05) is 21.1 Å². The zero-order valence-corrected chi connectivity index (χ0v) is 9.10. The summed E-state index contributed by atoms with van der Waals surface area (Å²) in [6.07, 6.45) is 0. The van der Waals surface area contributed by atoms with Crippen LogP contribution in [0.15, 0.2) is 0 Å². The summed E-state index contributed by atoms with van der Waals surface area (Å²) in [6, 6.07) is 0. The SMILES string of the molecule is N#C[S-].N#C[S-].[N-]=C=S.[Pt]. The summed E-state index contributed by atoms with van der Waals surface area (Å²) >= 11 is 11.1. The van der Waals surface area contributed by atoms with E-state index in [1.807, 2.05) is 0 Å². The number of thiocyanates is 2. The number of rotatable bonds is 0. The maximum atomic E-state index is 7.13. The minimum atomic E-state index is 0. The Morgan fingerprint density at radius 1 is 1.20 bits per heavy atom. The van der Waals surface area contributed by atoms with Crippen LogP contribution in [0, 0.1) is 21.3 Å². The molecule has 0 aromatic rings. The molecule has 7 heteroatoms. The molecule has 3 nitrogen and oxygen atoms in total. The molecule has 0 saturated heterocycles. The fourth-order valence-electron chi connectivity index (χ4n) is 0. The van der Waals surface area contributed by atoms with Crippen molar-refractivity contribution in [1.29, 1.82) is 10.5 Å². The Bertz CT molecular complexity index is 128. The number of thiocarbonyl (C=S) groups is 1. The van der Waals surface area contributed by atoms with Crippen molar-refractivity contribution >= 4 is 42.6 Å². The predicted molar refractivity (Wildman–Crippen MR) is 41.9 cm³/mol. The van der Waals surface area contributed by atoms with E-state index in [2.05, 4.69) is 37.5 Å². The largest absolute Gasteiger partial charge is 0.753 e. The molecule has 0 rings (SSSR count).